The average molecular weight is 270 g/mol. The molecule has 0 aromatic heterocycles. The Morgan fingerprint density at radius 1 is 1.22 bits per heavy atom. The van der Waals surface area contributed by atoms with E-state index in [-0.39, 0.29) is 23.7 Å². The molecular formula is C13H18O4S. The zero-order valence-electron chi connectivity index (χ0n) is 10.6. The normalized spacial score (nSPS) is 23.0. The molecule has 2 rings (SSSR count). The number of aryl methyl sites for hydroxylation is 1. The van der Waals surface area contributed by atoms with Gasteiger partial charge in [0, 0.05) is 0 Å². The molecule has 100 valence electrons. The minimum Gasteiger partial charge on any atom is -0.367 e. The molecule has 0 aliphatic carbocycles. The predicted molar refractivity (Wildman–Crippen MR) is 67.9 cm³/mol. The topological polar surface area (TPSA) is 55.9 Å². The van der Waals surface area contributed by atoms with Crippen LogP contribution in [0.25, 0.3) is 0 Å². The van der Waals surface area contributed by atoms with Crippen LogP contribution >= 0.6 is 0 Å². The van der Waals surface area contributed by atoms with Gasteiger partial charge in [-0.05, 0) is 25.5 Å². The van der Waals surface area contributed by atoms with E-state index in [0.717, 1.165) is 18.4 Å². The van der Waals surface area contributed by atoms with Crippen LogP contribution in [0.5, 0.6) is 0 Å². The van der Waals surface area contributed by atoms with Crippen molar-refractivity contribution < 1.29 is 17.3 Å². The fourth-order valence-electron chi connectivity index (χ4n) is 1.79. The summed E-state index contributed by atoms with van der Waals surface area (Å²) in [5.74, 6) is 0. The summed E-state index contributed by atoms with van der Waals surface area (Å²) in [4.78, 5) is 0.195. The van der Waals surface area contributed by atoms with Gasteiger partial charge in [-0.25, -0.2) is 0 Å². The van der Waals surface area contributed by atoms with Crippen molar-refractivity contribution in [3.8, 4) is 0 Å². The van der Waals surface area contributed by atoms with Gasteiger partial charge in [0.1, 0.15) is 6.10 Å². The van der Waals surface area contributed by atoms with Gasteiger partial charge in [-0.1, -0.05) is 31.0 Å². The van der Waals surface area contributed by atoms with Crippen molar-refractivity contribution in [1.29, 1.82) is 0 Å². The van der Waals surface area contributed by atoms with Crippen molar-refractivity contribution in [3.05, 3.63) is 29.8 Å². The van der Waals surface area contributed by atoms with E-state index in [0.29, 0.717) is 0 Å². The second-order valence-electron chi connectivity index (χ2n) is 4.55. The van der Waals surface area contributed by atoms with Crippen LogP contribution in [0, 0.1) is 6.92 Å². The molecule has 1 heterocycles. The lowest BCUT2D eigenvalue weighted by molar-refractivity contribution is 0.263. The third kappa shape index (κ3) is 3.31. The summed E-state index contributed by atoms with van der Waals surface area (Å²) in [6, 6.07) is 6.62. The van der Waals surface area contributed by atoms with E-state index in [1.807, 2.05) is 6.92 Å². The number of rotatable bonds is 6. The first-order chi connectivity index (χ1) is 8.53. The standard InChI is InChI=1S/C13H18O4S/c1-3-4-12-13(17-12)9-16-18(14,15)11-7-5-10(2)6-8-11/h5-8,12-13H,3-4,9H2,1-2H3/t12-,13+/m1/s1. The maximum Gasteiger partial charge on any atom is 0.297 e. The first-order valence-corrected chi connectivity index (χ1v) is 7.55. The van der Waals surface area contributed by atoms with Gasteiger partial charge in [0.15, 0.2) is 0 Å². The van der Waals surface area contributed by atoms with E-state index < -0.39 is 10.1 Å². The molecule has 1 aromatic rings. The van der Waals surface area contributed by atoms with Gasteiger partial charge in [0.05, 0.1) is 17.6 Å². The molecule has 5 heteroatoms. The summed E-state index contributed by atoms with van der Waals surface area (Å²) in [5.41, 5.74) is 1.02. The van der Waals surface area contributed by atoms with Crippen molar-refractivity contribution >= 4 is 10.1 Å². The first kappa shape index (κ1) is 13.5. The van der Waals surface area contributed by atoms with Gasteiger partial charge in [-0.3, -0.25) is 4.18 Å². The molecule has 0 amide bonds. The third-order valence-electron chi connectivity index (χ3n) is 2.96. The van der Waals surface area contributed by atoms with Gasteiger partial charge < -0.3 is 4.74 Å². The molecule has 0 N–H and O–H groups in total. The SMILES string of the molecule is CCC[C@H]1O[C@H]1COS(=O)(=O)c1ccc(C)cc1. The minimum atomic E-state index is -3.65. The third-order valence-corrected chi connectivity index (χ3v) is 4.25. The van der Waals surface area contributed by atoms with Gasteiger partial charge in [-0.2, -0.15) is 8.42 Å². The van der Waals surface area contributed by atoms with Crippen LogP contribution < -0.4 is 0 Å². The lowest BCUT2D eigenvalue weighted by Gasteiger charge is -2.04. The Kier molecular flexibility index (Phi) is 4.04. The number of ether oxygens (including phenoxy) is 1. The van der Waals surface area contributed by atoms with E-state index >= 15 is 0 Å². The van der Waals surface area contributed by atoms with Crippen LogP contribution in [0.4, 0.5) is 0 Å². The summed E-state index contributed by atoms with van der Waals surface area (Å²) in [6.45, 7) is 4.09. The van der Waals surface area contributed by atoms with Gasteiger partial charge in [0.25, 0.3) is 10.1 Å². The van der Waals surface area contributed by atoms with Crippen LogP contribution in [0.2, 0.25) is 0 Å². The molecular weight excluding hydrogens is 252 g/mol. The van der Waals surface area contributed by atoms with Crippen LogP contribution in [0.1, 0.15) is 25.3 Å². The molecule has 0 spiro atoms. The number of hydrogen-bond donors (Lipinski definition) is 0. The second kappa shape index (κ2) is 5.38. The van der Waals surface area contributed by atoms with Crippen LogP contribution in [0.3, 0.4) is 0 Å². The Hall–Kier alpha value is -0.910. The van der Waals surface area contributed by atoms with Crippen molar-refractivity contribution in [2.45, 2.75) is 43.8 Å². The molecule has 0 unspecified atom stereocenters. The largest absolute Gasteiger partial charge is 0.367 e. The highest BCUT2D eigenvalue weighted by molar-refractivity contribution is 7.86. The Morgan fingerprint density at radius 3 is 2.50 bits per heavy atom. The molecule has 1 aliphatic heterocycles. The average Bonchev–Trinajstić information content (AvgIpc) is 3.06. The molecule has 0 radical (unpaired) electrons. The highest BCUT2D eigenvalue weighted by atomic mass is 32.2. The quantitative estimate of drug-likeness (QED) is 0.588. The minimum absolute atomic E-state index is 0.0647. The van der Waals surface area contributed by atoms with E-state index in [9.17, 15) is 8.42 Å². The molecule has 2 atom stereocenters. The molecule has 1 aliphatic rings. The highest BCUT2D eigenvalue weighted by Crippen LogP contribution is 2.27. The van der Waals surface area contributed by atoms with E-state index in [4.69, 9.17) is 8.92 Å². The van der Waals surface area contributed by atoms with Crippen LogP contribution in [-0.4, -0.2) is 27.2 Å². The van der Waals surface area contributed by atoms with E-state index in [1.54, 1.807) is 24.3 Å². The number of epoxide rings is 1. The van der Waals surface area contributed by atoms with Crippen molar-refractivity contribution in [1.82, 2.24) is 0 Å². The maximum atomic E-state index is 11.9. The summed E-state index contributed by atoms with van der Waals surface area (Å²) in [5, 5.41) is 0. The Balaban J connectivity index is 1.90. The zero-order valence-corrected chi connectivity index (χ0v) is 11.4. The molecule has 4 nitrogen and oxygen atoms in total. The predicted octanol–water partition coefficient (Wildman–Crippen LogP) is 2.27. The summed E-state index contributed by atoms with van der Waals surface area (Å²) in [7, 11) is -3.65. The monoisotopic (exact) mass is 270 g/mol. The van der Waals surface area contributed by atoms with Gasteiger partial charge in [-0.15, -0.1) is 0 Å². The van der Waals surface area contributed by atoms with Gasteiger partial charge in [0.2, 0.25) is 0 Å². The lowest BCUT2D eigenvalue weighted by atomic mass is 10.2. The highest BCUT2D eigenvalue weighted by Gasteiger charge is 2.39. The van der Waals surface area contributed by atoms with Gasteiger partial charge >= 0.3 is 0 Å². The van der Waals surface area contributed by atoms with Crippen molar-refractivity contribution in [3.63, 3.8) is 0 Å². The van der Waals surface area contributed by atoms with E-state index in [1.165, 1.54) is 0 Å². The number of hydrogen-bond acceptors (Lipinski definition) is 4. The summed E-state index contributed by atoms with van der Waals surface area (Å²) < 4.78 is 34.0. The number of benzene rings is 1. The smallest absolute Gasteiger partial charge is 0.297 e. The zero-order chi connectivity index (χ0) is 13.2. The molecule has 1 saturated heterocycles. The fourth-order valence-corrected chi connectivity index (χ4v) is 2.71. The molecule has 0 bridgehead atoms. The van der Waals surface area contributed by atoms with Crippen molar-refractivity contribution in [2.24, 2.45) is 0 Å². The van der Waals surface area contributed by atoms with E-state index in [2.05, 4.69) is 6.92 Å². The Bertz CT molecular complexity index is 492. The molecule has 18 heavy (non-hydrogen) atoms. The van der Waals surface area contributed by atoms with Crippen molar-refractivity contribution in [2.75, 3.05) is 6.61 Å². The maximum absolute atomic E-state index is 11.9. The Morgan fingerprint density at radius 2 is 1.89 bits per heavy atom. The fraction of sp³-hybridized carbons (Fsp3) is 0.538. The lowest BCUT2D eigenvalue weighted by Crippen LogP contribution is -2.12. The Labute approximate surface area is 108 Å². The van der Waals surface area contributed by atoms with Crippen LogP contribution in [0.15, 0.2) is 29.2 Å². The second-order valence-corrected chi connectivity index (χ2v) is 6.17. The molecule has 0 saturated carbocycles. The van der Waals surface area contributed by atoms with Crippen LogP contribution in [-0.2, 0) is 19.0 Å². The summed E-state index contributed by atoms with van der Waals surface area (Å²) >= 11 is 0. The molecule has 1 aromatic carbocycles. The molecule has 1 fully saturated rings. The summed E-state index contributed by atoms with van der Waals surface area (Å²) in [6.07, 6.45) is 2.10. The first-order valence-electron chi connectivity index (χ1n) is 6.14.